The molecule has 1 fully saturated rings. The first-order valence-corrected chi connectivity index (χ1v) is 10.6. The van der Waals surface area contributed by atoms with Gasteiger partial charge in [0.05, 0.1) is 12.6 Å². The van der Waals surface area contributed by atoms with Gasteiger partial charge in [-0.25, -0.2) is 9.13 Å². The number of rotatable bonds is 9. The second-order valence-electron chi connectivity index (χ2n) is 5.52. The Morgan fingerprint density at radius 1 is 1.22 bits per heavy atom. The van der Waals surface area contributed by atoms with Gasteiger partial charge in [-0.15, -0.1) is 0 Å². The van der Waals surface area contributed by atoms with Crippen molar-refractivity contribution in [3.8, 4) is 0 Å². The Kier molecular flexibility index (Phi) is 7.43. The van der Waals surface area contributed by atoms with Crippen molar-refractivity contribution in [2.24, 2.45) is 0 Å². The van der Waals surface area contributed by atoms with Crippen LogP contribution in [-0.2, 0) is 32.2 Å². The predicted octanol–water partition coefficient (Wildman–Crippen LogP) is 1.18. The van der Waals surface area contributed by atoms with Gasteiger partial charge in [0.15, 0.2) is 0 Å². The molecule has 1 aromatic carbocycles. The number of hydrogen-bond donors (Lipinski definition) is 3. The lowest BCUT2D eigenvalue weighted by Crippen LogP contribution is -2.38. The lowest BCUT2D eigenvalue weighted by Gasteiger charge is -2.26. The van der Waals surface area contributed by atoms with Gasteiger partial charge in [0.25, 0.3) is 0 Å². The van der Waals surface area contributed by atoms with Crippen LogP contribution in [-0.4, -0.2) is 60.6 Å². The molecule has 0 bridgehead atoms. The maximum Gasteiger partial charge on any atom is 0.472 e. The van der Waals surface area contributed by atoms with Gasteiger partial charge in [-0.05, 0) is 0 Å². The maximum absolute atomic E-state index is 11.8. The summed E-state index contributed by atoms with van der Waals surface area (Å²) >= 11 is 0. The van der Waals surface area contributed by atoms with E-state index in [1.54, 1.807) is 30.3 Å². The zero-order valence-corrected chi connectivity index (χ0v) is 16.1. The van der Waals surface area contributed by atoms with Gasteiger partial charge in [-0.1, -0.05) is 36.9 Å². The molecule has 0 spiro atoms. The fourth-order valence-corrected chi connectivity index (χ4v) is 3.37. The van der Waals surface area contributed by atoms with Crippen molar-refractivity contribution in [1.82, 2.24) is 0 Å². The minimum absolute atomic E-state index is 0.190. The predicted molar refractivity (Wildman–Crippen MR) is 94.5 cm³/mol. The number of hydrogen-bond acceptors (Lipinski definition) is 7. The monoisotopic (exact) mass is 420 g/mol. The van der Waals surface area contributed by atoms with E-state index in [1.807, 2.05) is 0 Å². The van der Waals surface area contributed by atoms with Crippen molar-refractivity contribution in [2.45, 2.75) is 24.3 Å². The van der Waals surface area contributed by atoms with E-state index in [1.165, 1.54) is 0 Å². The van der Waals surface area contributed by atoms with Gasteiger partial charge < -0.3 is 24.2 Å². The van der Waals surface area contributed by atoms with Gasteiger partial charge in [0.1, 0.15) is 31.9 Å². The van der Waals surface area contributed by atoms with Crippen LogP contribution >= 0.6 is 15.6 Å². The molecule has 0 aromatic heterocycles. The third-order valence-corrected chi connectivity index (χ3v) is 5.07. The second kappa shape index (κ2) is 9.00. The van der Waals surface area contributed by atoms with Gasteiger partial charge in [-0.2, -0.15) is 0 Å². The summed E-state index contributed by atoms with van der Waals surface area (Å²) in [6.45, 7) is 3.11. The summed E-state index contributed by atoms with van der Waals surface area (Å²) in [6, 6.07) is 7.60. The Balaban J connectivity index is 2.20. The highest BCUT2D eigenvalue weighted by atomic mass is 31.2. The summed E-state index contributed by atoms with van der Waals surface area (Å²) < 4.78 is 47.6. The topological polar surface area (TPSA) is 141 Å². The first kappa shape index (κ1) is 22.3. The largest absolute Gasteiger partial charge is 0.486 e. The van der Waals surface area contributed by atoms with Crippen LogP contribution < -0.4 is 0 Å². The van der Waals surface area contributed by atoms with Crippen LogP contribution in [0.25, 0.3) is 5.76 Å². The molecule has 0 amide bonds. The number of phosphoric acid groups is 2. The Labute approximate surface area is 157 Å². The normalized spacial score (nSPS) is 27.9. The standard InChI is InChI=1S/C14H19BO10P2/c1-9(10-6-4-3-5-7-10)23-13-12(25-27(19,20)21-2)11(24-14(13)15)8-22-26(16,17)18/h3-7,11-14H,1,8H2,2H3,(H,19,20)(H2,16,17,18)/t11-,12?,13+,14-/m1/s1. The Hall–Kier alpha value is -0.995. The van der Waals surface area contributed by atoms with E-state index >= 15 is 0 Å². The van der Waals surface area contributed by atoms with E-state index in [2.05, 4.69) is 15.6 Å². The molecule has 10 nitrogen and oxygen atoms in total. The fourth-order valence-electron chi connectivity index (χ4n) is 2.38. The van der Waals surface area contributed by atoms with Gasteiger partial charge in [0.2, 0.25) is 0 Å². The van der Waals surface area contributed by atoms with E-state index in [-0.39, 0.29) is 5.76 Å². The third-order valence-electron chi connectivity index (χ3n) is 3.61. The van der Waals surface area contributed by atoms with Crippen LogP contribution in [0.2, 0.25) is 0 Å². The summed E-state index contributed by atoms with van der Waals surface area (Å²) in [6.07, 6.45) is -3.67. The molecule has 3 N–H and O–H groups in total. The average molecular weight is 420 g/mol. The first-order valence-electron chi connectivity index (χ1n) is 7.61. The summed E-state index contributed by atoms with van der Waals surface area (Å²) in [5, 5.41) is 0. The van der Waals surface area contributed by atoms with Crippen molar-refractivity contribution >= 4 is 29.3 Å². The molecule has 1 aliphatic rings. The van der Waals surface area contributed by atoms with E-state index in [0.29, 0.717) is 5.56 Å². The van der Waals surface area contributed by atoms with Crippen molar-refractivity contribution in [1.29, 1.82) is 0 Å². The molecule has 2 rings (SSSR count). The lowest BCUT2D eigenvalue weighted by atomic mass is 9.92. The molecule has 1 heterocycles. The molecule has 13 heteroatoms. The molecule has 148 valence electrons. The van der Waals surface area contributed by atoms with Gasteiger partial charge in [-0.3, -0.25) is 13.6 Å². The van der Waals surface area contributed by atoms with E-state index in [4.69, 9.17) is 31.6 Å². The molecule has 5 atom stereocenters. The molecule has 0 aliphatic carbocycles. The second-order valence-corrected chi connectivity index (χ2v) is 8.27. The van der Waals surface area contributed by atoms with E-state index in [0.717, 1.165) is 7.11 Å². The lowest BCUT2D eigenvalue weighted by molar-refractivity contribution is -0.0106. The average Bonchev–Trinajstić information content (AvgIpc) is 2.88. The van der Waals surface area contributed by atoms with Crippen molar-refractivity contribution < 1.29 is 46.9 Å². The Morgan fingerprint density at radius 2 is 1.85 bits per heavy atom. The number of ether oxygens (including phenoxy) is 2. The molecule has 27 heavy (non-hydrogen) atoms. The summed E-state index contributed by atoms with van der Waals surface area (Å²) in [5.41, 5.74) is 0.622. The highest BCUT2D eigenvalue weighted by Gasteiger charge is 2.48. The molecule has 2 radical (unpaired) electrons. The van der Waals surface area contributed by atoms with E-state index < -0.39 is 46.6 Å². The Bertz CT molecular complexity index is 739. The van der Waals surface area contributed by atoms with Crippen molar-refractivity contribution in [3.63, 3.8) is 0 Å². The Morgan fingerprint density at radius 3 is 2.41 bits per heavy atom. The van der Waals surface area contributed by atoms with Crippen LogP contribution in [0.4, 0.5) is 0 Å². The zero-order valence-electron chi connectivity index (χ0n) is 14.3. The minimum atomic E-state index is -4.82. The van der Waals surface area contributed by atoms with Crippen LogP contribution in [0.15, 0.2) is 36.9 Å². The molecule has 2 unspecified atom stereocenters. The molecular formula is C14H19BO10P2. The quantitative estimate of drug-likeness (QED) is 0.303. The molecule has 1 saturated heterocycles. The number of phosphoric ester groups is 2. The zero-order chi connectivity index (χ0) is 20.2. The van der Waals surface area contributed by atoms with Gasteiger partial charge >= 0.3 is 15.6 Å². The van der Waals surface area contributed by atoms with Crippen LogP contribution in [0, 0.1) is 0 Å². The van der Waals surface area contributed by atoms with Crippen LogP contribution in [0.5, 0.6) is 0 Å². The highest BCUT2D eigenvalue weighted by Crippen LogP contribution is 2.47. The van der Waals surface area contributed by atoms with Gasteiger partial charge in [0, 0.05) is 12.7 Å². The maximum atomic E-state index is 11.8. The van der Waals surface area contributed by atoms with Crippen LogP contribution in [0.1, 0.15) is 5.56 Å². The smallest absolute Gasteiger partial charge is 0.472 e. The SMILES string of the molecule is [B][C@@H]1O[C@H](COP(=O)(O)O)C(OP(=O)(O)OC)[C@@H]1OC(=C)c1ccccc1. The summed E-state index contributed by atoms with van der Waals surface area (Å²) in [4.78, 5) is 27.3. The summed E-state index contributed by atoms with van der Waals surface area (Å²) in [7, 11) is -2.50. The molecular weight excluding hydrogens is 401 g/mol. The molecule has 0 saturated carbocycles. The highest BCUT2D eigenvalue weighted by molar-refractivity contribution is 7.47. The van der Waals surface area contributed by atoms with Crippen molar-refractivity contribution in [3.05, 3.63) is 42.5 Å². The van der Waals surface area contributed by atoms with Crippen LogP contribution in [0.3, 0.4) is 0 Å². The molecule has 1 aromatic rings. The fraction of sp³-hybridized carbons (Fsp3) is 0.429. The summed E-state index contributed by atoms with van der Waals surface area (Å²) in [5.74, 6) is 0.190. The van der Waals surface area contributed by atoms with Crippen molar-refractivity contribution in [2.75, 3.05) is 13.7 Å². The minimum Gasteiger partial charge on any atom is -0.486 e. The number of benzene rings is 1. The molecule has 1 aliphatic heterocycles. The van der Waals surface area contributed by atoms with E-state index in [9.17, 15) is 14.0 Å². The third kappa shape index (κ3) is 6.53. The first-order chi connectivity index (χ1) is 12.5.